The predicted octanol–water partition coefficient (Wildman–Crippen LogP) is 1.74. The molecule has 0 fully saturated rings. The summed E-state index contributed by atoms with van der Waals surface area (Å²) in [5.74, 6) is -0.542. The van der Waals surface area contributed by atoms with E-state index in [9.17, 15) is 18.0 Å². The van der Waals surface area contributed by atoms with Crippen molar-refractivity contribution in [2.45, 2.75) is 25.2 Å². The number of likely N-dealkylation sites (N-methyl/N-ethyl adjacent to an activating group) is 1. The van der Waals surface area contributed by atoms with Gasteiger partial charge in [-0.05, 0) is 60.9 Å². The molecule has 1 heterocycles. The van der Waals surface area contributed by atoms with Crippen LogP contribution in [0, 0.1) is 13.8 Å². The van der Waals surface area contributed by atoms with Gasteiger partial charge in [0.2, 0.25) is 21.8 Å². The van der Waals surface area contributed by atoms with Gasteiger partial charge in [-0.3, -0.25) is 9.59 Å². The molecule has 0 atom stereocenters. The number of aryl methyl sites for hydroxylation is 2. The first kappa shape index (κ1) is 19.1. The minimum atomic E-state index is -3.86. The highest BCUT2D eigenvalue weighted by Crippen LogP contribution is 2.29. The van der Waals surface area contributed by atoms with Crippen LogP contribution in [-0.4, -0.2) is 33.8 Å². The standard InChI is InChI=1S/C19H21N3O4S/c1-12-6-13(2)8-15(7-12)21-18(23)11-20-27(25,26)16-4-5-17-14(9-16)10-19(24)22(17)3/h4-9,20H,10-11H2,1-3H3,(H,21,23). The number of fused-ring (bicyclic) bond motifs is 1. The summed E-state index contributed by atoms with van der Waals surface area (Å²) in [6.45, 7) is 3.45. The SMILES string of the molecule is Cc1cc(C)cc(NC(=O)CNS(=O)(=O)c2ccc3c(c2)CC(=O)N3C)c1. The molecule has 0 spiro atoms. The smallest absolute Gasteiger partial charge is 0.241 e. The summed E-state index contributed by atoms with van der Waals surface area (Å²) in [7, 11) is -2.21. The van der Waals surface area contributed by atoms with Crippen molar-refractivity contribution >= 4 is 33.2 Å². The first-order valence-electron chi connectivity index (χ1n) is 8.43. The van der Waals surface area contributed by atoms with E-state index in [0.717, 1.165) is 11.1 Å². The lowest BCUT2D eigenvalue weighted by Gasteiger charge is -2.12. The van der Waals surface area contributed by atoms with E-state index in [0.29, 0.717) is 16.9 Å². The van der Waals surface area contributed by atoms with Gasteiger partial charge in [0.25, 0.3) is 0 Å². The lowest BCUT2D eigenvalue weighted by molar-refractivity contribution is -0.117. The van der Waals surface area contributed by atoms with Crippen LogP contribution in [0.25, 0.3) is 0 Å². The van der Waals surface area contributed by atoms with Gasteiger partial charge >= 0.3 is 0 Å². The number of hydrogen-bond donors (Lipinski definition) is 2. The molecule has 0 bridgehead atoms. The van der Waals surface area contributed by atoms with Gasteiger partial charge in [-0.1, -0.05) is 6.07 Å². The molecule has 1 aliphatic rings. The van der Waals surface area contributed by atoms with Gasteiger partial charge in [0.05, 0.1) is 17.9 Å². The largest absolute Gasteiger partial charge is 0.325 e. The Morgan fingerprint density at radius 2 is 1.78 bits per heavy atom. The Kier molecular flexibility index (Phi) is 5.03. The zero-order valence-electron chi connectivity index (χ0n) is 15.4. The van der Waals surface area contributed by atoms with Crippen molar-refractivity contribution in [3.8, 4) is 0 Å². The molecule has 2 amide bonds. The van der Waals surface area contributed by atoms with Crippen LogP contribution in [0.4, 0.5) is 11.4 Å². The van der Waals surface area contributed by atoms with Crippen molar-refractivity contribution in [3.63, 3.8) is 0 Å². The van der Waals surface area contributed by atoms with Gasteiger partial charge in [-0.2, -0.15) is 0 Å². The minimum absolute atomic E-state index is 0.0311. The maximum absolute atomic E-state index is 12.5. The van der Waals surface area contributed by atoms with E-state index in [2.05, 4.69) is 10.0 Å². The van der Waals surface area contributed by atoms with Crippen LogP contribution in [-0.2, 0) is 26.0 Å². The number of carbonyl (C=O) groups is 2. The molecule has 0 saturated heterocycles. The molecule has 142 valence electrons. The Balaban J connectivity index is 1.67. The maximum atomic E-state index is 12.5. The number of anilines is 2. The van der Waals surface area contributed by atoms with Crippen LogP contribution < -0.4 is 14.9 Å². The van der Waals surface area contributed by atoms with E-state index in [1.54, 1.807) is 13.1 Å². The normalized spacial score (nSPS) is 13.6. The Morgan fingerprint density at radius 1 is 1.11 bits per heavy atom. The summed E-state index contributed by atoms with van der Waals surface area (Å²) in [4.78, 5) is 25.4. The van der Waals surface area contributed by atoms with Gasteiger partial charge in [0.1, 0.15) is 0 Å². The number of rotatable bonds is 5. The fourth-order valence-corrected chi connectivity index (χ4v) is 4.14. The molecule has 2 aromatic rings. The van der Waals surface area contributed by atoms with Crippen molar-refractivity contribution in [3.05, 3.63) is 53.1 Å². The molecule has 0 unspecified atom stereocenters. The Morgan fingerprint density at radius 3 is 2.44 bits per heavy atom. The third kappa shape index (κ3) is 4.17. The van der Waals surface area contributed by atoms with Gasteiger partial charge in [0.15, 0.2) is 0 Å². The zero-order valence-corrected chi connectivity index (χ0v) is 16.2. The van der Waals surface area contributed by atoms with Crippen molar-refractivity contribution in [1.29, 1.82) is 0 Å². The van der Waals surface area contributed by atoms with Crippen molar-refractivity contribution < 1.29 is 18.0 Å². The first-order valence-corrected chi connectivity index (χ1v) is 9.91. The molecule has 0 aromatic heterocycles. The molecule has 2 aromatic carbocycles. The lowest BCUT2D eigenvalue weighted by Crippen LogP contribution is -2.33. The van der Waals surface area contributed by atoms with E-state index in [1.807, 2.05) is 32.0 Å². The molecule has 3 rings (SSSR count). The quantitative estimate of drug-likeness (QED) is 0.817. The van der Waals surface area contributed by atoms with Crippen molar-refractivity contribution in [1.82, 2.24) is 4.72 Å². The second-order valence-electron chi connectivity index (χ2n) is 6.67. The molecule has 0 aliphatic carbocycles. The molecule has 8 heteroatoms. The summed E-state index contributed by atoms with van der Waals surface area (Å²) in [5.41, 5.74) is 3.99. The molecule has 7 nitrogen and oxygen atoms in total. The van der Waals surface area contributed by atoms with E-state index >= 15 is 0 Å². The Bertz CT molecular complexity index is 1010. The van der Waals surface area contributed by atoms with Crippen LogP contribution >= 0.6 is 0 Å². The third-order valence-electron chi connectivity index (χ3n) is 4.37. The number of nitrogens with zero attached hydrogens (tertiary/aromatic N) is 1. The second-order valence-corrected chi connectivity index (χ2v) is 8.44. The van der Waals surface area contributed by atoms with Crippen molar-refractivity contribution in [2.24, 2.45) is 0 Å². The number of benzene rings is 2. The fraction of sp³-hybridized carbons (Fsp3) is 0.263. The van der Waals surface area contributed by atoms with Crippen molar-refractivity contribution in [2.75, 3.05) is 23.8 Å². The first-order chi connectivity index (χ1) is 12.7. The van der Waals surface area contributed by atoms with E-state index in [4.69, 9.17) is 0 Å². The summed E-state index contributed by atoms with van der Waals surface area (Å²) in [6.07, 6.45) is 0.169. The van der Waals surface area contributed by atoms with Crippen LogP contribution in [0.3, 0.4) is 0 Å². The Hall–Kier alpha value is -2.71. The minimum Gasteiger partial charge on any atom is -0.325 e. The number of sulfonamides is 1. The van der Waals surface area contributed by atoms with Gasteiger partial charge in [-0.15, -0.1) is 0 Å². The molecule has 1 aliphatic heterocycles. The van der Waals surface area contributed by atoms with E-state index < -0.39 is 15.9 Å². The van der Waals surface area contributed by atoms with Gasteiger partial charge in [-0.25, -0.2) is 13.1 Å². The number of carbonyl (C=O) groups excluding carboxylic acids is 2. The molecule has 0 saturated carbocycles. The molecule has 27 heavy (non-hydrogen) atoms. The average molecular weight is 387 g/mol. The van der Waals surface area contributed by atoms with Crippen LogP contribution in [0.15, 0.2) is 41.3 Å². The summed E-state index contributed by atoms with van der Waals surface area (Å²) in [5, 5.41) is 2.68. The fourth-order valence-electron chi connectivity index (χ4n) is 3.11. The third-order valence-corrected chi connectivity index (χ3v) is 5.77. The zero-order chi connectivity index (χ0) is 19.8. The number of hydrogen-bond acceptors (Lipinski definition) is 4. The molecular weight excluding hydrogens is 366 g/mol. The molecular formula is C19H21N3O4S. The number of nitrogens with one attached hydrogen (secondary N) is 2. The Labute approximate surface area is 158 Å². The maximum Gasteiger partial charge on any atom is 0.241 e. The van der Waals surface area contributed by atoms with E-state index in [-0.39, 0.29) is 23.8 Å². The lowest BCUT2D eigenvalue weighted by atomic mass is 10.1. The summed E-state index contributed by atoms with van der Waals surface area (Å²) < 4.78 is 27.2. The van der Waals surface area contributed by atoms with Crippen LogP contribution in [0.5, 0.6) is 0 Å². The van der Waals surface area contributed by atoms with Crippen LogP contribution in [0.1, 0.15) is 16.7 Å². The molecule has 2 N–H and O–H groups in total. The predicted molar refractivity (Wildman–Crippen MR) is 103 cm³/mol. The van der Waals surface area contributed by atoms with Crippen LogP contribution in [0.2, 0.25) is 0 Å². The molecule has 0 radical (unpaired) electrons. The topological polar surface area (TPSA) is 95.6 Å². The second kappa shape index (κ2) is 7.13. The monoisotopic (exact) mass is 387 g/mol. The van der Waals surface area contributed by atoms with Gasteiger partial charge in [0, 0.05) is 18.4 Å². The average Bonchev–Trinajstić information content (AvgIpc) is 2.86. The number of amides is 2. The van der Waals surface area contributed by atoms with Gasteiger partial charge < -0.3 is 10.2 Å². The summed E-state index contributed by atoms with van der Waals surface area (Å²) >= 11 is 0. The highest BCUT2D eigenvalue weighted by molar-refractivity contribution is 7.89. The highest BCUT2D eigenvalue weighted by Gasteiger charge is 2.26. The van der Waals surface area contributed by atoms with E-state index in [1.165, 1.54) is 17.0 Å². The summed E-state index contributed by atoms with van der Waals surface area (Å²) in [6, 6.07) is 10.1. The highest BCUT2D eigenvalue weighted by atomic mass is 32.2.